The number of fused-ring (bicyclic) bond motifs is 4. The van der Waals surface area contributed by atoms with E-state index in [2.05, 4.69) is 78.6 Å². The maximum Gasteiger partial charge on any atom is 0.190 e. The Hall–Kier alpha value is -5.35. The van der Waals surface area contributed by atoms with Crippen LogP contribution in [0.1, 0.15) is 49.9 Å². The third kappa shape index (κ3) is 7.42. The highest BCUT2D eigenvalue weighted by Gasteiger charge is 2.19. The first-order valence-corrected chi connectivity index (χ1v) is 18.8. The molecule has 0 fully saturated rings. The predicted octanol–water partition coefficient (Wildman–Crippen LogP) is 7.01. The van der Waals surface area contributed by atoms with Crippen LogP contribution < -0.4 is 20.1 Å². The maximum absolute atomic E-state index is 11.8. The van der Waals surface area contributed by atoms with Crippen LogP contribution in [0.4, 0.5) is 23.0 Å². The number of rotatable bonds is 9. The molecule has 51 heavy (non-hydrogen) atoms. The number of hydrogen-bond acceptors (Lipinski definition) is 12. The van der Waals surface area contributed by atoms with Crippen molar-refractivity contribution in [2.75, 3.05) is 16.9 Å². The zero-order valence-corrected chi connectivity index (χ0v) is 30.8. The molecule has 2 aliphatic rings. The molecule has 4 aromatic heterocycles. The van der Waals surface area contributed by atoms with Gasteiger partial charge in [0.25, 0.3) is 0 Å². The molecule has 6 heterocycles. The van der Waals surface area contributed by atoms with Crippen molar-refractivity contribution >= 4 is 83.3 Å². The van der Waals surface area contributed by atoms with Crippen LogP contribution in [0.5, 0.6) is 11.5 Å². The minimum atomic E-state index is -3.38. The molecule has 0 radical (unpaired) electrons. The van der Waals surface area contributed by atoms with Crippen molar-refractivity contribution in [2.24, 2.45) is 9.98 Å². The quantitative estimate of drug-likeness (QED) is 0.119. The second kappa shape index (κ2) is 13.8. The average Bonchev–Trinajstić information content (AvgIpc) is 3.87. The van der Waals surface area contributed by atoms with E-state index in [1.165, 1.54) is 24.3 Å². The Bertz CT molecular complexity index is 2450. The Morgan fingerprint density at radius 1 is 0.706 bits per heavy atom. The Kier molecular flexibility index (Phi) is 9.20. The summed E-state index contributed by atoms with van der Waals surface area (Å²) >= 11 is 3.44. The number of aromatic nitrogens is 6. The number of benzene rings is 2. The van der Waals surface area contributed by atoms with Gasteiger partial charge in [-0.15, -0.1) is 0 Å². The van der Waals surface area contributed by atoms with Crippen LogP contribution in [0.2, 0.25) is 0 Å². The maximum atomic E-state index is 11.8. The molecule has 2 aromatic carbocycles. The van der Waals surface area contributed by atoms with E-state index in [1.807, 2.05) is 58.3 Å². The number of sulfone groups is 1. The van der Waals surface area contributed by atoms with E-state index >= 15 is 0 Å². The van der Waals surface area contributed by atoms with E-state index in [4.69, 9.17) is 9.47 Å². The predicted molar refractivity (Wildman–Crippen MR) is 202 cm³/mol. The van der Waals surface area contributed by atoms with Gasteiger partial charge in [0.15, 0.2) is 9.84 Å². The standard InChI is InChI=1S/C18H19N5O3S.C17H16BrN5O/c1-10(2)26-15-5-12-8-19-7-11(12)4-14(15)22-17-13-6-16(27(3,24)25)23-18(13)21-9-20-17;1-9(2)24-14-4-11-7-19-6-10(11)3-13(14)22-16-12-5-15(18)23-17(12)21-8-20-16/h4-7,9-10H,8H2,1-3H3,(H2,20,21,22,23);3-6,8-9H,7H2,1-2H3,(H2,20,21,22,23). The first-order chi connectivity index (χ1) is 24.4. The lowest BCUT2D eigenvalue weighted by Crippen LogP contribution is -2.08. The minimum Gasteiger partial charge on any atom is -0.489 e. The SMILES string of the molecule is CC(C)Oc1cc2c(cc1Nc1ncnc3[nH]c(Br)cc13)C=NC2.CC(C)Oc1cc2c(cc1Nc1ncnc3[nH]c(S(C)(=O)=O)cc13)C=NC2. The molecule has 0 spiro atoms. The molecule has 8 rings (SSSR count). The molecule has 2 aliphatic heterocycles. The molecule has 0 bridgehead atoms. The lowest BCUT2D eigenvalue weighted by atomic mass is 10.1. The molecule has 6 aromatic rings. The summed E-state index contributed by atoms with van der Waals surface area (Å²) < 4.78 is 36.5. The van der Waals surface area contributed by atoms with Crippen molar-refractivity contribution in [3.63, 3.8) is 0 Å². The molecule has 0 amide bonds. The number of ether oxygens (including phenoxy) is 2. The summed E-state index contributed by atoms with van der Waals surface area (Å²) in [6, 6.07) is 11.5. The van der Waals surface area contributed by atoms with Crippen LogP contribution in [0.25, 0.3) is 22.1 Å². The Morgan fingerprint density at radius 2 is 1.20 bits per heavy atom. The summed E-state index contributed by atoms with van der Waals surface area (Å²) in [7, 11) is -3.38. The Balaban J connectivity index is 0.000000160. The van der Waals surface area contributed by atoms with E-state index in [0.29, 0.717) is 35.7 Å². The highest BCUT2D eigenvalue weighted by atomic mass is 79.9. The first kappa shape index (κ1) is 34.1. The van der Waals surface area contributed by atoms with Crippen molar-refractivity contribution in [1.29, 1.82) is 0 Å². The van der Waals surface area contributed by atoms with E-state index in [9.17, 15) is 8.42 Å². The largest absolute Gasteiger partial charge is 0.489 e. The summed E-state index contributed by atoms with van der Waals surface area (Å²) in [4.78, 5) is 31.6. The first-order valence-electron chi connectivity index (χ1n) is 16.1. The van der Waals surface area contributed by atoms with Gasteiger partial charge < -0.3 is 30.1 Å². The molecule has 0 saturated heterocycles. The van der Waals surface area contributed by atoms with Gasteiger partial charge in [-0.2, -0.15) is 0 Å². The molecule has 0 atom stereocenters. The van der Waals surface area contributed by atoms with Crippen LogP contribution in [-0.2, 0) is 22.9 Å². The van der Waals surface area contributed by atoms with Crippen molar-refractivity contribution < 1.29 is 17.9 Å². The van der Waals surface area contributed by atoms with Crippen molar-refractivity contribution in [2.45, 2.75) is 58.0 Å². The zero-order chi connectivity index (χ0) is 35.9. The van der Waals surface area contributed by atoms with Crippen molar-refractivity contribution in [3.05, 3.63) is 75.9 Å². The monoisotopic (exact) mass is 770 g/mol. The fourth-order valence-electron chi connectivity index (χ4n) is 5.65. The summed E-state index contributed by atoms with van der Waals surface area (Å²) in [5.41, 5.74) is 7.22. The molecule has 14 nitrogen and oxygen atoms in total. The molecule has 262 valence electrons. The molecule has 16 heteroatoms. The summed E-state index contributed by atoms with van der Waals surface area (Å²) in [5, 5.41) is 8.24. The highest BCUT2D eigenvalue weighted by Crippen LogP contribution is 2.36. The van der Waals surface area contributed by atoms with Crippen molar-refractivity contribution in [1.82, 2.24) is 29.9 Å². The summed E-state index contributed by atoms with van der Waals surface area (Å²) in [5.74, 6) is 2.72. The van der Waals surface area contributed by atoms with Crippen LogP contribution in [0.15, 0.2) is 68.7 Å². The number of hydrogen-bond donors (Lipinski definition) is 4. The van der Waals surface area contributed by atoms with E-state index in [1.54, 1.807) is 0 Å². The molecule has 4 N–H and O–H groups in total. The van der Waals surface area contributed by atoms with E-state index in [-0.39, 0.29) is 17.2 Å². The lowest BCUT2D eigenvalue weighted by molar-refractivity contribution is 0.243. The number of aliphatic imine (C=N–C) groups is 2. The van der Waals surface area contributed by atoms with Crippen LogP contribution in [-0.4, -0.2) is 69.2 Å². The molecule has 0 unspecified atom stereocenters. The number of aromatic amines is 2. The zero-order valence-electron chi connectivity index (χ0n) is 28.4. The highest BCUT2D eigenvalue weighted by molar-refractivity contribution is 9.10. The fourth-order valence-corrected chi connectivity index (χ4v) is 6.68. The average molecular weight is 772 g/mol. The van der Waals surface area contributed by atoms with Gasteiger partial charge in [0.2, 0.25) is 0 Å². The lowest BCUT2D eigenvalue weighted by Gasteiger charge is -2.17. The fraction of sp³-hybridized carbons (Fsp3) is 0.257. The van der Waals surface area contributed by atoms with Gasteiger partial charge in [0, 0.05) is 18.7 Å². The number of H-pyrrole nitrogens is 2. The number of halogens is 1. The molecule has 0 saturated carbocycles. The van der Waals surface area contributed by atoms with Gasteiger partial charge in [-0.1, -0.05) is 0 Å². The van der Waals surface area contributed by atoms with Gasteiger partial charge >= 0.3 is 0 Å². The third-order valence-corrected chi connectivity index (χ3v) is 9.34. The number of anilines is 4. The third-order valence-electron chi connectivity index (χ3n) is 7.89. The van der Waals surface area contributed by atoms with Crippen molar-refractivity contribution in [3.8, 4) is 11.5 Å². The topological polar surface area (TPSA) is 185 Å². The second-order valence-corrected chi connectivity index (χ2v) is 15.4. The number of nitrogens with one attached hydrogen (secondary N) is 4. The van der Waals surface area contributed by atoms with Gasteiger partial charge in [-0.3, -0.25) is 9.98 Å². The van der Waals surface area contributed by atoms with Gasteiger partial charge in [-0.05, 0) is 102 Å². The summed E-state index contributed by atoms with van der Waals surface area (Å²) in [6.07, 6.45) is 7.86. The second-order valence-electron chi connectivity index (χ2n) is 12.6. The Morgan fingerprint density at radius 3 is 1.69 bits per heavy atom. The normalized spacial score (nSPS) is 13.1. The van der Waals surface area contributed by atoms with Gasteiger partial charge in [0.05, 0.1) is 52.0 Å². The smallest absolute Gasteiger partial charge is 0.190 e. The Labute approximate surface area is 302 Å². The minimum absolute atomic E-state index is 0.000403. The summed E-state index contributed by atoms with van der Waals surface area (Å²) in [6.45, 7) is 9.28. The van der Waals surface area contributed by atoms with E-state index < -0.39 is 9.84 Å². The van der Waals surface area contributed by atoms with Crippen LogP contribution >= 0.6 is 15.9 Å². The van der Waals surface area contributed by atoms with Gasteiger partial charge in [-0.25, -0.2) is 28.4 Å². The van der Waals surface area contributed by atoms with Crippen LogP contribution in [0, 0.1) is 0 Å². The van der Waals surface area contributed by atoms with Gasteiger partial charge in [0.1, 0.15) is 52.1 Å². The molecule has 0 aliphatic carbocycles. The van der Waals surface area contributed by atoms with E-state index in [0.717, 1.165) is 61.5 Å². The molecular formula is C35H35BrN10O4S. The van der Waals surface area contributed by atoms with Crippen LogP contribution in [0.3, 0.4) is 0 Å². The molecular weight excluding hydrogens is 736 g/mol. The number of nitrogens with zero attached hydrogens (tertiary/aromatic N) is 6.